The van der Waals surface area contributed by atoms with Gasteiger partial charge in [-0.3, -0.25) is 9.59 Å². The van der Waals surface area contributed by atoms with Gasteiger partial charge in [-0.15, -0.1) is 0 Å². The van der Waals surface area contributed by atoms with Crippen LogP contribution in [0.2, 0.25) is 0 Å². The Kier molecular flexibility index (Phi) is 6.12. The molecule has 1 aromatic carbocycles. The number of likely N-dealkylation sites (tertiary alicyclic amines) is 1. The minimum Gasteiger partial charge on any atom is -0.461 e. The highest BCUT2D eigenvalue weighted by molar-refractivity contribution is 6.22. The number of anilines is 1. The zero-order valence-corrected chi connectivity index (χ0v) is 20.8. The number of nitrogens with zero attached hydrogens (tertiary/aromatic N) is 2. The summed E-state index contributed by atoms with van der Waals surface area (Å²) in [6.07, 6.45) is 9.68. The fraction of sp³-hybridized carbons (Fsp3) is 0.607. The maximum absolute atomic E-state index is 13.4. The quantitative estimate of drug-likeness (QED) is 0.393. The Labute approximate surface area is 207 Å². The number of carbonyl (C=O) groups excluding carboxylic acids is 3. The van der Waals surface area contributed by atoms with Gasteiger partial charge in [0.2, 0.25) is 11.8 Å². The van der Waals surface area contributed by atoms with Crippen molar-refractivity contribution in [3.63, 3.8) is 0 Å². The van der Waals surface area contributed by atoms with Gasteiger partial charge in [-0.05, 0) is 50.8 Å². The van der Waals surface area contributed by atoms with Gasteiger partial charge in [0.05, 0.1) is 16.9 Å². The average molecular weight is 481 g/mol. The first kappa shape index (κ1) is 24.2. The number of ether oxygens (including phenoxy) is 1. The summed E-state index contributed by atoms with van der Waals surface area (Å²) in [5.41, 5.74) is -1.22. The number of hydrogen-bond donors (Lipinski definition) is 1. The zero-order valence-electron chi connectivity index (χ0n) is 20.8. The Morgan fingerprint density at radius 1 is 1.14 bits per heavy atom. The maximum atomic E-state index is 13.4. The Balaban J connectivity index is 1.44. The number of piperidine rings is 1. The fourth-order valence-electron chi connectivity index (χ4n) is 7.27. The second kappa shape index (κ2) is 8.86. The summed E-state index contributed by atoms with van der Waals surface area (Å²) in [6, 6.07) is 6.65. The summed E-state index contributed by atoms with van der Waals surface area (Å²) < 4.78 is 5.99. The molecule has 2 heterocycles. The molecule has 4 atom stereocenters. The lowest BCUT2D eigenvalue weighted by Crippen LogP contribution is -2.73. The van der Waals surface area contributed by atoms with E-state index >= 15 is 0 Å². The first-order valence-electron chi connectivity index (χ1n) is 13.0. The number of allylic oxidation sites excluding steroid dienone is 1. The molecule has 5 rings (SSSR count). The van der Waals surface area contributed by atoms with Crippen molar-refractivity contribution in [3.05, 3.63) is 42.0 Å². The molecule has 0 aromatic heterocycles. The first-order chi connectivity index (χ1) is 16.8. The minimum atomic E-state index is -0.937. The summed E-state index contributed by atoms with van der Waals surface area (Å²) in [5, 5.41) is 12.3. The molecule has 3 fully saturated rings. The molecule has 0 radical (unpaired) electrons. The second-order valence-electron chi connectivity index (χ2n) is 11.1. The molecule has 2 saturated heterocycles. The number of hydrogen-bond acceptors (Lipinski definition) is 6. The third-order valence-electron chi connectivity index (χ3n) is 9.15. The third kappa shape index (κ3) is 3.66. The molecule has 1 saturated carbocycles. The van der Waals surface area contributed by atoms with Crippen molar-refractivity contribution in [2.24, 2.45) is 16.7 Å². The van der Waals surface area contributed by atoms with Crippen molar-refractivity contribution in [1.82, 2.24) is 4.90 Å². The van der Waals surface area contributed by atoms with Gasteiger partial charge in [0.1, 0.15) is 6.61 Å². The van der Waals surface area contributed by atoms with E-state index in [1.807, 2.05) is 0 Å². The third-order valence-corrected chi connectivity index (χ3v) is 9.15. The van der Waals surface area contributed by atoms with Crippen LogP contribution in [0.3, 0.4) is 0 Å². The minimum absolute atomic E-state index is 0.112. The lowest BCUT2D eigenvalue weighted by molar-refractivity contribution is -0.254. The molecule has 1 aromatic rings. The van der Waals surface area contributed by atoms with Crippen molar-refractivity contribution >= 4 is 23.5 Å². The molecule has 7 heteroatoms. The number of para-hydroxylation sites is 1. The molecule has 1 unspecified atom stereocenters. The Morgan fingerprint density at radius 2 is 1.94 bits per heavy atom. The van der Waals surface area contributed by atoms with Crippen LogP contribution in [0.4, 0.5) is 5.69 Å². The van der Waals surface area contributed by atoms with E-state index in [1.165, 1.54) is 0 Å². The number of esters is 1. The lowest BCUT2D eigenvalue weighted by atomic mass is 9.47. The summed E-state index contributed by atoms with van der Waals surface area (Å²) in [7, 11) is 0. The molecule has 2 amide bonds. The monoisotopic (exact) mass is 480 g/mol. The normalized spacial score (nSPS) is 35.1. The van der Waals surface area contributed by atoms with Crippen LogP contribution in [-0.2, 0) is 14.3 Å². The van der Waals surface area contributed by atoms with Crippen molar-refractivity contribution in [1.29, 1.82) is 0 Å². The van der Waals surface area contributed by atoms with Crippen molar-refractivity contribution < 1.29 is 24.2 Å². The molecular formula is C28H36N2O5. The van der Waals surface area contributed by atoms with Crippen molar-refractivity contribution in [2.75, 3.05) is 31.1 Å². The average Bonchev–Trinajstić information content (AvgIpc) is 2.97. The molecule has 4 aliphatic rings. The number of imide groups is 1. The number of aliphatic hydroxyl groups is 1. The molecule has 35 heavy (non-hydrogen) atoms. The summed E-state index contributed by atoms with van der Waals surface area (Å²) in [6.45, 7) is 6.43. The first-order valence-corrected chi connectivity index (χ1v) is 13.0. The number of benzene rings is 1. The van der Waals surface area contributed by atoms with Gasteiger partial charge < -0.3 is 14.7 Å². The van der Waals surface area contributed by atoms with Crippen molar-refractivity contribution in [3.8, 4) is 0 Å². The van der Waals surface area contributed by atoms with Gasteiger partial charge in [-0.1, -0.05) is 44.6 Å². The van der Waals surface area contributed by atoms with E-state index in [0.717, 1.165) is 50.1 Å². The van der Waals surface area contributed by atoms with Gasteiger partial charge in [-0.25, -0.2) is 9.69 Å². The topological polar surface area (TPSA) is 87.2 Å². The van der Waals surface area contributed by atoms with Crippen LogP contribution in [0, 0.1) is 16.7 Å². The maximum Gasteiger partial charge on any atom is 0.340 e. The molecule has 188 valence electrons. The van der Waals surface area contributed by atoms with E-state index in [0.29, 0.717) is 13.0 Å². The van der Waals surface area contributed by atoms with Gasteiger partial charge in [0.15, 0.2) is 0 Å². The molecule has 2 aliphatic carbocycles. The highest BCUT2D eigenvalue weighted by Gasteiger charge is 2.67. The van der Waals surface area contributed by atoms with E-state index < -0.39 is 22.9 Å². The van der Waals surface area contributed by atoms with Crippen LogP contribution >= 0.6 is 0 Å². The lowest BCUT2D eigenvalue weighted by Gasteiger charge is -2.66. The predicted molar refractivity (Wildman–Crippen MR) is 132 cm³/mol. The smallest absolute Gasteiger partial charge is 0.340 e. The van der Waals surface area contributed by atoms with E-state index in [1.54, 1.807) is 31.2 Å². The summed E-state index contributed by atoms with van der Waals surface area (Å²) >= 11 is 0. The standard InChI is InChI=1S/C28H36N2O5/c1-3-29-17-26-12-7-4-8-15-28(26,34)27(18-29,14-9-13-26)19-35-25(33)21-10-5-6-11-22(21)30-23(31)16-20(2)24(30)32/h4-6,8,10-11,20,34H,3,7,9,12-19H2,1-2H3/t20?,26-,27+,28+/m1/s1. The van der Waals surface area contributed by atoms with Gasteiger partial charge >= 0.3 is 5.97 Å². The van der Waals surface area contributed by atoms with E-state index in [4.69, 9.17) is 4.74 Å². The molecule has 2 bridgehead atoms. The highest BCUT2D eigenvalue weighted by atomic mass is 16.5. The Bertz CT molecular complexity index is 1070. The zero-order chi connectivity index (χ0) is 24.8. The van der Waals surface area contributed by atoms with E-state index in [-0.39, 0.29) is 41.5 Å². The van der Waals surface area contributed by atoms with Gasteiger partial charge in [0, 0.05) is 36.3 Å². The largest absolute Gasteiger partial charge is 0.461 e. The van der Waals surface area contributed by atoms with Crippen LogP contribution in [0.5, 0.6) is 0 Å². The molecule has 0 spiro atoms. The molecule has 7 nitrogen and oxygen atoms in total. The number of amides is 2. The predicted octanol–water partition coefficient (Wildman–Crippen LogP) is 3.71. The van der Waals surface area contributed by atoms with E-state index in [9.17, 15) is 19.5 Å². The Hall–Kier alpha value is -2.51. The van der Waals surface area contributed by atoms with Crippen molar-refractivity contribution in [2.45, 2.75) is 64.4 Å². The summed E-state index contributed by atoms with van der Waals surface area (Å²) in [4.78, 5) is 42.1. The van der Waals surface area contributed by atoms with Gasteiger partial charge in [-0.2, -0.15) is 0 Å². The SMILES string of the molecule is CCN1C[C@]23CCC=CC[C@@]2(O)[C@@](COC(=O)c2ccccc2N2C(=O)CC(C)C2=O)(CCC3)C1. The Morgan fingerprint density at radius 3 is 2.69 bits per heavy atom. The second-order valence-corrected chi connectivity index (χ2v) is 11.1. The van der Waals surface area contributed by atoms with Gasteiger partial charge in [0.25, 0.3) is 0 Å². The molecule has 1 N–H and O–H groups in total. The highest BCUT2D eigenvalue weighted by Crippen LogP contribution is 2.62. The van der Waals surface area contributed by atoms with Crippen LogP contribution in [0.25, 0.3) is 0 Å². The van der Waals surface area contributed by atoms with Crippen LogP contribution in [0.1, 0.15) is 69.2 Å². The summed E-state index contributed by atoms with van der Waals surface area (Å²) in [5.74, 6) is -1.56. The number of rotatable bonds is 5. The molecular weight excluding hydrogens is 444 g/mol. The number of carbonyl (C=O) groups is 3. The fourth-order valence-corrected chi connectivity index (χ4v) is 7.27. The van der Waals surface area contributed by atoms with E-state index in [2.05, 4.69) is 24.0 Å². The van der Waals surface area contributed by atoms with Crippen LogP contribution in [-0.4, -0.2) is 59.6 Å². The molecule has 2 aliphatic heterocycles. The van der Waals surface area contributed by atoms with Crippen LogP contribution in [0.15, 0.2) is 36.4 Å². The van der Waals surface area contributed by atoms with Crippen LogP contribution < -0.4 is 4.90 Å².